The van der Waals surface area contributed by atoms with Crippen LogP contribution >= 0.6 is 0 Å². The number of methoxy groups -OCH3 is 3. The lowest BCUT2D eigenvalue weighted by atomic mass is 9.89. The summed E-state index contributed by atoms with van der Waals surface area (Å²) in [5.41, 5.74) is -1.91. The lowest BCUT2D eigenvalue weighted by molar-refractivity contribution is -0.143. The fourth-order valence-corrected chi connectivity index (χ4v) is 4.91. The molecule has 0 N–H and O–H groups in total. The van der Waals surface area contributed by atoms with Crippen molar-refractivity contribution in [1.82, 2.24) is 4.90 Å². The van der Waals surface area contributed by atoms with Crippen LogP contribution in [0, 0.1) is 5.92 Å². The fourth-order valence-electron chi connectivity index (χ4n) is 4.91. The van der Waals surface area contributed by atoms with E-state index in [1.165, 1.54) is 14.2 Å². The fraction of sp³-hybridized carbons (Fsp3) is 0.519. The van der Waals surface area contributed by atoms with Crippen LogP contribution in [0.5, 0.6) is 11.5 Å². The molecule has 1 aliphatic heterocycles. The summed E-state index contributed by atoms with van der Waals surface area (Å²) in [5, 5.41) is 0. The van der Waals surface area contributed by atoms with Crippen molar-refractivity contribution >= 4 is 11.8 Å². The molecule has 1 heterocycles. The van der Waals surface area contributed by atoms with Gasteiger partial charge < -0.3 is 19.1 Å². The lowest BCUT2D eigenvalue weighted by Crippen LogP contribution is -2.46. The number of carbonyl (C=O) groups excluding carboxylic acids is 1. The lowest BCUT2D eigenvalue weighted by Gasteiger charge is -2.45. The minimum atomic E-state index is -5.01. The molecule has 0 radical (unpaired) electrons. The normalized spacial score (nSPS) is 17.6. The van der Waals surface area contributed by atoms with Gasteiger partial charge in [0.2, 0.25) is 0 Å². The minimum absolute atomic E-state index is 0.0604. The first kappa shape index (κ1) is 30.2. The number of hydrogen-bond acceptors (Lipinski definition) is 5. The minimum Gasteiger partial charge on any atom is -0.493 e. The Bertz CT molecular complexity index is 1150. The second kappa shape index (κ2) is 11.4. The van der Waals surface area contributed by atoms with Crippen molar-refractivity contribution in [3.8, 4) is 11.5 Å². The molecule has 0 fully saturated rings. The Labute approximate surface area is 223 Å². The molecule has 12 heteroatoms. The molecule has 1 aliphatic rings. The van der Waals surface area contributed by atoms with Gasteiger partial charge in [0.25, 0.3) is 0 Å². The Balaban J connectivity index is 2.18. The summed E-state index contributed by atoms with van der Waals surface area (Å²) in [5.74, 6) is 1.08. The molecule has 2 atom stereocenters. The van der Waals surface area contributed by atoms with Crippen molar-refractivity contribution in [2.24, 2.45) is 5.92 Å². The summed E-state index contributed by atoms with van der Waals surface area (Å²) in [4.78, 5) is 16.3. The van der Waals surface area contributed by atoms with Crippen LogP contribution < -0.4 is 14.4 Å². The number of halogens is 6. The van der Waals surface area contributed by atoms with Gasteiger partial charge in [0.1, 0.15) is 0 Å². The van der Waals surface area contributed by atoms with Gasteiger partial charge in [-0.3, -0.25) is 4.90 Å². The predicted octanol–water partition coefficient (Wildman–Crippen LogP) is 7.31. The molecule has 0 saturated carbocycles. The van der Waals surface area contributed by atoms with Crippen LogP contribution in [0.2, 0.25) is 0 Å². The second-order valence-electron chi connectivity index (χ2n) is 9.92. The summed E-state index contributed by atoms with van der Waals surface area (Å²) in [6.07, 6.45) is -10.6. The Kier molecular flexibility index (Phi) is 8.86. The summed E-state index contributed by atoms with van der Waals surface area (Å²) in [6.45, 7) is 6.15. The van der Waals surface area contributed by atoms with E-state index in [4.69, 9.17) is 14.2 Å². The topological polar surface area (TPSA) is 51.2 Å². The quantitative estimate of drug-likeness (QED) is 0.332. The number of ether oxygens (including phenoxy) is 3. The van der Waals surface area contributed by atoms with E-state index >= 15 is 0 Å². The Morgan fingerprint density at radius 3 is 1.95 bits per heavy atom. The maximum absolute atomic E-state index is 13.5. The molecule has 2 unspecified atom stereocenters. The van der Waals surface area contributed by atoms with Crippen LogP contribution in [-0.2, 0) is 23.6 Å². The molecule has 3 rings (SSSR count). The molecule has 0 spiro atoms. The first-order valence-electron chi connectivity index (χ1n) is 12.3. The zero-order valence-electron chi connectivity index (χ0n) is 22.5. The number of carbonyl (C=O) groups is 1. The average molecular weight is 563 g/mol. The highest BCUT2D eigenvalue weighted by Gasteiger charge is 2.40. The molecular formula is C27H32F6N2O4. The summed E-state index contributed by atoms with van der Waals surface area (Å²) >= 11 is 0. The highest BCUT2D eigenvalue weighted by Crippen LogP contribution is 2.47. The third-order valence-electron chi connectivity index (χ3n) is 6.65. The molecule has 1 amide bonds. The molecule has 39 heavy (non-hydrogen) atoms. The van der Waals surface area contributed by atoms with Crippen LogP contribution in [0.25, 0.3) is 0 Å². The van der Waals surface area contributed by atoms with Gasteiger partial charge in [0, 0.05) is 36.4 Å². The van der Waals surface area contributed by atoms with Gasteiger partial charge in [-0.2, -0.15) is 26.3 Å². The van der Waals surface area contributed by atoms with E-state index in [9.17, 15) is 31.1 Å². The van der Waals surface area contributed by atoms with Gasteiger partial charge >= 0.3 is 18.4 Å². The number of nitrogens with zero attached hydrogens (tertiary/aromatic N) is 2. The number of hydrogen-bond donors (Lipinski definition) is 0. The van der Waals surface area contributed by atoms with E-state index in [2.05, 4.69) is 4.90 Å². The molecule has 0 saturated heterocycles. The Hall–Kier alpha value is -3.31. The zero-order chi connectivity index (χ0) is 29.3. The maximum Gasteiger partial charge on any atom is 0.416 e. The maximum atomic E-state index is 13.5. The predicted molar refractivity (Wildman–Crippen MR) is 133 cm³/mol. The number of anilines is 1. The number of alkyl halides is 6. The standard InChI is InChI=1S/C27H32F6N2O4/c1-15(2)13-34-16(3)7-21(20-11-23(37-4)24(38-5)12-22(20)34)35(25(36)39-6)14-17-8-18(26(28,29)30)10-19(9-17)27(31,32)33/h8-12,15-16,21H,7,13-14H2,1-6H3. The van der Waals surface area contributed by atoms with Gasteiger partial charge in [0.15, 0.2) is 11.5 Å². The summed E-state index contributed by atoms with van der Waals surface area (Å²) in [6, 6.07) is 3.88. The van der Waals surface area contributed by atoms with Crippen molar-refractivity contribution in [3.05, 3.63) is 52.6 Å². The second-order valence-corrected chi connectivity index (χ2v) is 9.92. The number of rotatable bonds is 7. The third kappa shape index (κ3) is 6.65. The molecule has 0 bridgehead atoms. The number of fused-ring (bicyclic) bond motifs is 1. The highest BCUT2D eigenvalue weighted by molar-refractivity contribution is 5.71. The Morgan fingerprint density at radius 1 is 0.949 bits per heavy atom. The van der Waals surface area contributed by atoms with Crippen LogP contribution in [0.3, 0.4) is 0 Å². The van der Waals surface area contributed by atoms with Crippen molar-refractivity contribution in [2.75, 3.05) is 32.8 Å². The highest BCUT2D eigenvalue weighted by atomic mass is 19.4. The van der Waals surface area contributed by atoms with E-state index in [1.54, 1.807) is 12.1 Å². The summed E-state index contributed by atoms with van der Waals surface area (Å²) < 4.78 is 96.9. The van der Waals surface area contributed by atoms with Gasteiger partial charge in [-0.25, -0.2) is 4.79 Å². The molecule has 2 aromatic carbocycles. The average Bonchev–Trinajstić information content (AvgIpc) is 2.86. The SMILES string of the molecule is COC(=O)N(Cc1cc(C(F)(F)F)cc(C(F)(F)F)c1)C1CC(C)N(CC(C)C)c2cc(OC)c(OC)cc21. The molecular weight excluding hydrogens is 530 g/mol. The first-order chi connectivity index (χ1) is 18.1. The zero-order valence-corrected chi connectivity index (χ0v) is 22.5. The van der Waals surface area contributed by atoms with E-state index in [-0.39, 0.29) is 23.6 Å². The van der Waals surface area contributed by atoms with E-state index < -0.39 is 42.2 Å². The molecule has 2 aromatic rings. The molecule has 0 aliphatic carbocycles. The van der Waals surface area contributed by atoms with Crippen LogP contribution in [-0.4, -0.2) is 44.9 Å². The first-order valence-corrected chi connectivity index (χ1v) is 12.3. The van der Waals surface area contributed by atoms with E-state index in [0.29, 0.717) is 42.2 Å². The van der Waals surface area contributed by atoms with Crippen molar-refractivity contribution in [2.45, 2.75) is 58.2 Å². The molecule has 6 nitrogen and oxygen atoms in total. The van der Waals surface area contributed by atoms with Crippen molar-refractivity contribution in [1.29, 1.82) is 0 Å². The summed E-state index contributed by atoms with van der Waals surface area (Å²) in [7, 11) is 4.03. The van der Waals surface area contributed by atoms with Crippen molar-refractivity contribution in [3.63, 3.8) is 0 Å². The smallest absolute Gasteiger partial charge is 0.416 e. The van der Waals surface area contributed by atoms with Gasteiger partial charge in [-0.15, -0.1) is 0 Å². The molecule has 0 aromatic heterocycles. The number of benzene rings is 2. The van der Waals surface area contributed by atoms with Gasteiger partial charge in [-0.1, -0.05) is 13.8 Å². The third-order valence-corrected chi connectivity index (χ3v) is 6.65. The van der Waals surface area contributed by atoms with Crippen molar-refractivity contribution < 1.29 is 45.3 Å². The van der Waals surface area contributed by atoms with E-state index in [1.807, 2.05) is 20.8 Å². The number of amides is 1. The van der Waals surface area contributed by atoms with E-state index in [0.717, 1.165) is 17.7 Å². The van der Waals surface area contributed by atoms with Crippen LogP contribution in [0.15, 0.2) is 30.3 Å². The monoisotopic (exact) mass is 562 g/mol. The van der Waals surface area contributed by atoms with Gasteiger partial charge in [-0.05, 0) is 49.1 Å². The molecule has 216 valence electrons. The van der Waals surface area contributed by atoms with Crippen LogP contribution in [0.4, 0.5) is 36.8 Å². The largest absolute Gasteiger partial charge is 0.493 e. The Morgan fingerprint density at radius 2 is 1.49 bits per heavy atom. The van der Waals surface area contributed by atoms with Crippen LogP contribution in [0.1, 0.15) is 55.5 Å². The van der Waals surface area contributed by atoms with Gasteiger partial charge in [0.05, 0.1) is 38.5 Å².